The van der Waals surface area contributed by atoms with Crippen LogP contribution in [0.15, 0.2) is 82.1 Å². The molecule has 0 spiro atoms. The number of carbonyl (C=O) groups excluding carboxylic acids is 1. The van der Waals surface area contributed by atoms with E-state index in [9.17, 15) is 29.8 Å². The number of aromatic nitrogens is 1. The third kappa shape index (κ3) is 6.42. The highest BCUT2D eigenvalue weighted by molar-refractivity contribution is 7.07. The Hall–Kier alpha value is -5.63. The molecule has 0 radical (unpaired) electrons. The average molecular weight is 645 g/mol. The summed E-state index contributed by atoms with van der Waals surface area (Å²) in [5.74, 6) is -0.250. The molecule has 13 nitrogen and oxygen atoms in total. The van der Waals surface area contributed by atoms with Crippen LogP contribution in [0, 0.1) is 20.2 Å². The molecule has 3 aromatic carbocycles. The number of nitro groups is 2. The van der Waals surface area contributed by atoms with E-state index in [2.05, 4.69) is 4.99 Å². The molecule has 1 atom stereocenters. The monoisotopic (exact) mass is 644 g/mol. The van der Waals surface area contributed by atoms with Crippen LogP contribution in [0.2, 0.25) is 0 Å². The number of ether oxygens (including phenoxy) is 3. The molecule has 0 amide bonds. The van der Waals surface area contributed by atoms with E-state index in [0.29, 0.717) is 5.56 Å². The minimum Gasteiger partial charge on any atom is -0.490 e. The van der Waals surface area contributed by atoms with Crippen LogP contribution < -0.4 is 24.4 Å². The lowest BCUT2D eigenvalue weighted by Gasteiger charge is -2.22. The fourth-order valence-electron chi connectivity index (χ4n) is 4.93. The second-order valence-corrected chi connectivity index (χ2v) is 11.0. The van der Waals surface area contributed by atoms with E-state index in [0.717, 1.165) is 16.9 Å². The molecular formula is C32H28N4O9S. The Kier molecular flexibility index (Phi) is 9.37. The summed E-state index contributed by atoms with van der Waals surface area (Å²) in [6.07, 6.45) is 1.38. The first-order valence-corrected chi connectivity index (χ1v) is 15.0. The molecular weight excluding hydrogens is 616 g/mol. The first kappa shape index (κ1) is 31.8. The second kappa shape index (κ2) is 13.6. The van der Waals surface area contributed by atoms with E-state index in [1.54, 1.807) is 20.8 Å². The van der Waals surface area contributed by atoms with Crippen molar-refractivity contribution in [3.05, 3.63) is 129 Å². The summed E-state index contributed by atoms with van der Waals surface area (Å²) in [5.41, 5.74) is 0.837. The van der Waals surface area contributed by atoms with Crippen LogP contribution in [-0.2, 0) is 16.1 Å². The third-order valence-corrected chi connectivity index (χ3v) is 8.06. The summed E-state index contributed by atoms with van der Waals surface area (Å²) < 4.78 is 18.3. The molecule has 0 bridgehead atoms. The Morgan fingerprint density at radius 2 is 1.67 bits per heavy atom. The summed E-state index contributed by atoms with van der Waals surface area (Å²) in [5, 5.41) is 23.4. The first-order chi connectivity index (χ1) is 22.1. The van der Waals surface area contributed by atoms with Gasteiger partial charge in [0.25, 0.3) is 16.9 Å². The van der Waals surface area contributed by atoms with Gasteiger partial charge in [0.05, 0.1) is 44.8 Å². The number of carbonyl (C=O) groups is 1. The van der Waals surface area contributed by atoms with Gasteiger partial charge in [-0.1, -0.05) is 41.7 Å². The Morgan fingerprint density at radius 3 is 2.30 bits per heavy atom. The van der Waals surface area contributed by atoms with Crippen molar-refractivity contribution in [2.24, 2.45) is 4.99 Å². The van der Waals surface area contributed by atoms with Gasteiger partial charge in [0.2, 0.25) is 0 Å². The SMILES string of the molecule is CCOC(=O)C1=C(C)n2c(s/c(=C\c3cc(OCC)c(OCc4ccccc4)cc3[N+](=O)[O-])c2=O)=N[C@H]1c1ccc([N+](=O)[O-])cc1. The summed E-state index contributed by atoms with van der Waals surface area (Å²) in [6.45, 7) is 5.49. The Morgan fingerprint density at radius 1 is 0.978 bits per heavy atom. The maximum atomic E-state index is 13.7. The van der Waals surface area contributed by atoms with Gasteiger partial charge < -0.3 is 14.2 Å². The molecule has 5 rings (SSSR count). The highest BCUT2D eigenvalue weighted by atomic mass is 32.1. The number of hydrogen-bond acceptors (Lipinski definition) is 11. The van der Waals surface area contributed by atoms with Crippen LogP contribution in [0.4, 0.5) is 11.4 Å². The van der Waals surface area contributed by atoms with Crippen molar-refractivity contribution in [3.63, 3.8) is 0 Å². The molecule has 0 N–H and O–H groups in total. The van der Waals surface area contributed by atoms with Gasteiger partial charge in [0.1, 0.15) is 12.6 Å². The number of allylic oxidation sites excluding steroid dienone is 1. The normalized spacial score (nSPS) is 14.3. The average Bonchev–Trinajstić information content (AvgIpc) is 3.35. The van der Waals surface area contributed by atoms with Crippen LogP contribution in [-0.4, -0.2) is 33.6 Å². The molecule has 14 heteroatoms. The van der Waals surface area contributed by atoms with Gasteiger partial charge in [-0.05, 0) is 56.2 Å². The molecule has 1 aliphatic heterocycles. The maximum Gasteiger partial charge on any atom is 0.338 e. The Balaban J connectivity index is 1.64. The molecule has 0 unspecified atom stereocenters. The van der Waals surface area contributed by atoms with Crippen molar-refractivity contribution >= 4 is 40.5 Å². The largest absolute Gasteiger partial charge is 0.490 e. The zero-order valence-corrected chi connectivity index (χ0v) is 25.8. The van der Waals surface area contributed by atoms with Crippen molar-refractivity contribution in [2.75, 3.05) is 13.2 Å². The highest BCUT2D eigenvalue weighted by Gasteiger charge is 2.32. The van der Waals surface area contributed by atoms with E-state index in [1.165, 1.54) is 47.0 Å². The number of fused-ring (bicyclic) bond motifs is 1. The molecule has 0 saturated heterocycles. The number of rotatable bonds is 11. The van der Waals surface area contributed by atoms with Crippen LogP contribution in [0.25, 0.3) is 11.8 Å². The lowest BCUT2D eigenvalue weighted by atomic mass is 9.96. The van der Waals surface area contributed by atoms with Crippen LogP contribution in [0.1, 0.15) is 43.5 Å². The lowest BCUT2D eigenvalue weighted by molar-refractivity contribution is -0.385. The van der Waals surface area contributed by atoms with Gasteiger partial charge in [-0.3, -0.25) is 29.6 Å². The molecule has 1 aliphatic rings. The summed E-state index contributed by atoms with van der Waals surface area (Å²) in [7, 11) is 0. The smallest absolute Gasteiger partial charge is 0.338 e. The fourth-order valence-corrected chi connectivity index (χ4v) is 5.96. The minimum absolute atomic E-state index is 0.0733. The number of thiazole rings is 1. The number of hydrogen-bond donors (Lipinski definition) is 0. The van der Waals surface area contributed by atoms with E-state index < -0.39 is 27.4 Å². The molecule has 46 heavy (non-hydrogen) atoms. The zero-order chi connectivity index (χ0) is 33.0. The zero-order valence-electron chi connectivity index (χ0n) is 25.0. The topological polar surface area (TPSA) is 165 Å². The van der Waals surface area contributed by atoms with Crippen molar-refractivity contribution in [2.45, 2.75) is 33.4 Å². The quantitative estimate of drug-likeness (QED) is 0.128. The number of benzene rings is 3. The van der Waals surface area contributed by atoms with Gasteiger partial charge in [-0.2, -0.15) is 0 Å². The number of nitrogens with zero attached hydrogens (tertiary/aromatic N) is 4. The van der Waals surface area contributed by atoms with Gasteiger partial charge in [0, 0.05) is 17.8 Å². The predicted octanol–water partition coefficient (Wildman–Crippen LogP) is 4.70. The van der Waals surface area contributed by atoms with Crippen LogP contribution in [0.5, 0.6) is 11.5 Å². The number of esters is 1. The Labute approximate surface area is 265 Å². The first-order valence-electron chi connectivity index (χ1n) is 14.2. The van der Waals surface area contributed by atoms with Gasteiger partial charge in [-0.25, -0.2) is 9.79 Å². The molecule has 4 aromatic rings. The van der Waals surface area contributed by atoms with E-state index in [-0.39, 0.29) is 68.9 Å². The van der Waals surface area contributed by atoms with Crippen molar-refractivity contribution in [1.82, 2.24) is 4.57 Å². The molecule has 2 heterocycles. The summed E-state index contributed by atoms with van der Waals surface area (Å²) in [4.78, 5) is 54.0. The third-order valence-electron chi connectivity index (χ3n) is 7.07. The number of nitro benzene ring substituents is 2. The molecule has 1 aromatic heterocycles. The maximum absolute atomic E-state index is 13.7. The van der Waals surface area contributed by atoms with Crippen molar-refractivity contribution in [3.8, 4) is 11.5 Å². The summed E-state index contributed by atoms with van der Waals surface area (Å²) in [6, 6.07) is 16.7. The molecule has 236 valence electrons. The van der Waals surface area contributed by atoms with Crippen molar-refractivity contribution < 1.29 is 28.9 Å². The van der Waals surface area contributed by atoms with E-state index in [1.807, 2.05) is 30.3 Å². The van der Waals surface area contributed by atoms with Crippen LogP contribution in [0.3, 0.4) is 0 Å². The van der Waals surface area contributed by atoms with Crippen molar-refractivity contribution in [1.29, 1.82) is 0 Å². The number of non-ortho nitro benzene ring substituents is 1. The second-order valence-electron chi connectivity index (χ2n) is 9.96. The Bertz CT molecular complexity index is 2030. The van der Waals surface area contributed by atoms with Gasteiger partial charge >= 0.3 is 5.97 Å². The fraction of sp³-hybridized carbons (Fsp3) is 0.219. The molecule has 0 fully saturated rings. The summed E-state index contributed by atoms with van der Waals surface area (Å²) >= 11 is 0.985. The van der Waals surface area contributed by atoms with Gasteiger partial charge in [0.15, 0.2) is 16.3 Å². The molecule has 0 saturated carbocycles. The van der Waals surface area contributed by atoms with Crippen LogP contribution >= 0.6 is 11.3 Å². The predicted molar refractivity (Wildman–Crippen MR) is 169 cm³/mol. The minimum atomic E-state index is -0.911. The van der Waals surface area contributed by atoms with E-state index >= 15 is 0 Å². The highest BCUT2D eigenvalue weighted by Crippen LogP contribution is 2.36. The lowest BCUT2D eigenvalue weighted by Crippen LogP contribution is -2.35. The molecule has 0 aliphatic carbocycles. The van der Waals surface area contributed by atoms with E-state index in [4.69, 9.17) is 14.2 Å². The van der Waals surface area contributed by atoms with Gasteiger partial charge in [-0.15, -0.1) is 0 Å². The standard InChI is InChI=1S/C32H28N4O9S/c1-4-43-25-15-22(24(36(41)42)17-26(25)45-18-20-9-7-6-8-10-20)16-27-30(37)34-19(3)28(31(38)44-5-2)29(33-32(34)46-27)21-11-13-23(14-12-21)35(39)40/h6-17,29H,4-5,18H2,1-3H3/b27-16-/t29-/m0/s1.